The van der Waals surface area contributed by atoms with E-state index in [1.807, 2.05) is 6.92 Å². The van der Waals surface area contributed by atoms with E-state index in [2.05, 4.69) is 11.6 Å². The lowest BCUT2D eigenvalue weighted by Crippen LogP contribution is -1.87. The third-order valence-corrected chi connectivity index (χ3v) is 2.41. The highest BCUT2D eigenvalue weighted by atomic mass is 32.1. The first-order valence-electron chi connectivity index (χ1n) is 3.17. The summed E-state index contributed by atoms with van der Waals surface area (Å²) in [6.07, 6.45) is 0. The minimum atomic E-state index is -0.0392. The Balaban J connectivity index is 3.03. The monoisotopic (exact) mass is 170 g/mol. The lowest BCUT2D eigenvalue weighted by Gasteiger charge is -1.96. The Morgan fingerprint density at radius 1 is 1.82 bits per heavy atom. The fraction of sp³-hybridized carbons (Fsp3) is 0.286. The normalized spacial score (nSPS) is 10.0. The predicted molar refractivity (Wildman–Crippen MR) is 47.4 cm³/mol. The number of nitrogens with two attached hydrogens (primary N) is 1. The number of aromatic nitrogens is 1. The van der Waals surface area contributed by atoms with Crippen LogP contribution >= 0.6 is 11.3 Å². The molecule has 1 aromatic rings. The molecule has 3 N–H and O–H groups in total. The molecule has 11 heavy (non-hydrogen) atoms. The Labute approximate surface area is 69.2 Å². The largest absolute Gasteiger partial charge is 0.392 e. The van der Waals surface area contributed by atoms with Gasteiger partial charge in [-0.1, -0.05) is 17.9 Å². The number of thiazole rings is 1. The number of nitrogens with zero attached hydrogens (tertiary/aromatic N) is 1. The molecule has 0 unspecified atom stereocenters. The topological polar surface area (TPSA) is 59.1 Å². The summed E-state index contributed by atoms with van der Waals surface area (Å²) < 4.78 is 0. The van der Waals surface area contributed by atoms with Gasteiger partial charge in [0, 0.05) is 0 Å². The molecule has 0 saturated heterocycles. The van der Waals surface area contributed by atoms with Crippen molar-refractivity contribution in [1.29, 1.82) is 0 Å². The van der Waals surface area contributed by atoms with Gasteiger partial charge in [-0.25, -0.2) is 4.98 Å². The van der Waals surface area contributed by atoms with Crippen LogP contribution in [0.3, 0.4) is 0 Å². The second-order valence-electron chi connectivity index (χ2n) is 2.23. The van der Waals surface area contributed by atoms with Gasteiger partial charge < -0.3 is 10.8 Å². The Hall–Kier alpha value is -0.870. The van der Waals surface area contributed by atoms with Crippen molar-refractivity contribution in [3.05, 3.63) is 17.2 Å². The van der Waals surface area contributed by atoms with E-state index in [1.165, 1.54) is 11.3 Å². The molecule has 0 amide bonds. The number of nitrogen functional groups attached to an aromatic ring is 1. The minimum Gasteiger partial charge on any atom is -0.392 e. The lowest BCUT2D eigenvalue weighted by atomic mass is 10.2. The summed E-state index contributed by atoms with van der Waals surface area (Å²) in [5.41, 5.74) is 6.97. The third-order valence-electron chi connectivity index (χ3n) is 1.33. The Kier molecular flexibility index (Phi) is 2.26. The second kappa shape index (κ2) is 3.02. The summed E-state index contributed by atoms with van der Waals surface area (Å²) >= 11 is 1.35. The fourth-order valence-corrected chi connectivity index (χ4v) is 1.61. The summed E-state index contributed by atoms with van der Waals surface area (Å²) in [5.74, 6) is 0. The van der Waals surface area contributed by atoms with Gasteiger partial charge in [-0.3, -0.25) is 0 Å². The molecule has 0 radical (unpaired) electrons. The van der Waals surface area contributed by atoms with Crippen molar-refractivity contribution in [2.75, 3.05) is 12.3 Å². The number of hydrogen-bond donors (Lipinski definition) is 2. The van der Waals surface area contributed by atoms with Gasteiger partial charge in [0.2, 0.25) is 0 Å². The van der Waals surface area contributed by atoms with E-state index < -0.39 is 0 Å². The molecule has 0 aliphatic rings. The number of rotatable bonds is 2. The van der Waals surface area contributed by atoms with Gasteiger partial charge in [-0.05, 0) is 12.5 Å². The van der Waals surface area contributed by atoms with Crippen LogP contribution in [0.5, 0.6) is 0 Å². The zero-order chi connectivity index (χ0) is 8.43. The van der Waals surface area contributed by atoms with E-state index in [0.717, 1.165) is 10.6 Å². The van der Waals surface area contributed by atoms with Crippen molar-refractivity contribution in [3.8, 4) is 0 Å². The molecule has 0 aromatic carbocycles. The smallest absolute Gasteiger partial charge is 0.180 e. The van der Waals surface area contributed by atoms with Gasteiger partial charge in [-0.15, -0.1) is 0 Å². The van der Waals surface area contributed by atoms with E-state index in [9.17, 15) is 0 Å². The van der Waals surface area contributed by atoms with E-state index >= 15 is 0 Å². The molecule has 1 heterocycles. The van der Waals surface area contributed by atoms with Gasteiger partial charge in [-0.2, -0.15) is 0 Å². The van der Waals surface area contributed by atoms with Crippen LogP contribution in [0.4, 0.5) is 5.13 Å². The molecule has 0 saturated carbocycles. The number of aliphatic hydroxyl groups excluding tert-OH is 1. The Bertz CT molecular complexity index is 280. The van der Waals surface area contributed by atoms with Crippen molar-refractivity contribution >= 4 is 22.0 Å². The second-order valence-corrected chi connectivity index (χ2v) is 3.26. The summed E-state index contributed by atoms with van der Waals surface area (Å²) in [7, 11) is 0. The van der Waals surface area contributed by atoms with E-state index in [-0.39, 0.29) is 6.61 Å². The van der Waals surface area contributed by atoms with Crippen LogP contribution in [-0.4, -0.2) is 16.7 Å². The quantitative estimate of drug-likeness (QED) is 0.697. The summed E-state index contributed by atoms with van der Waals surface area (Å²) in [4.78, 5) is 4.90. The zero-order valence-corrected chi connectivity index (χ0v) is 7.11. The molecular weight excluding hydrogens is 160 g/mol. The number of aryl methyl sites for hydroxylation is 1. The van der Waals surface area contributed by atoms with Gasteiger partial charge in [0.25, 0.3) is 0 Å². The summed E-state index contributed by atoms with van der Waals surface area (Å²) in [5, 5.41) is 9.28. The first kappa shape index (κ1) is 8.23. The number of anilines is 1. The lowest BCUT2D eigenvalue weighted by molar-refractivity contribution is 0.350. The maximum absolute atomic E-state index is 8.76. The average molecular weight is 170 g/mol. The van der Waals surface area contributed by atoms with Crippen LogP contribution < -0.4 is 5.73 Å². The molecule has 1 aromatic heterocycles. The maximum Gasteiger partial charge on any atom is 0.180 e. The van der Waals surface area contributed by atoms with Crippen molar-refractivity contribution in [2.45, 2.75) is 6.92 Å². The van der Waals surface area contributed by atoms with Crippen molar-refractivity contribution in [1.82, 2.24) is 4.98 Å². The zero-order valence-electron chi connectivity index (χ0n) is 6.29. The highest BCUT2D eigenvalue weighted by molar-refractivity contribution is 7.16. The van der Waals surface area contributed by atoms with Gasteiger partial charge in [0.1, 0.15) is 0 Å². The van der Waals surface area contributed by atoms with Gasteiger partial charge in [0.05, 0.1) is 17.2 Å². The van der Waals surface area contributed by atoms with Crippen LogP contribution in [0.15, 0.2) is 6.58 Å². The van der Waals surface area contributed by atoms with Crippen LogP contribution in [0.25, 0.3) is 5.57 Å². The molecule has 0 atom stereocenters. The standard InChI is InChI=1S/C7H10N2OS/c1-4(3-10)6-5(2)9-7(8)11-6/h10H,1,3H2,2H3,(H2,8,9). The Morgan fingerprint density at radius 2 is 2.45 bits per heavy atom. The SMILES string of the molecule is C=C(CO)c1sc(N)nc1C. The molecule has 1 rings (SSSR count). The van der Waals surface area contributed by atoms with Crippen molar-refractivity contribution < 1.29 is 5.11 Å². The summed E-state index contributed by atoms with van der Waals surface area (Å²) in [6.45, 7) is 5.49. The van der Waals surface area contributed by atoms with Gasteiger partial charge in [0.15, 0.2) is 5.13 Å². The van der Waals surface area contributed by atoms with E-state index in [1.54, 1.807) is 0 Å². The maximum atomic E-state index is 8.76. The molecule has 0 aliphatic heterocycles. The number of aliphatic hydroxyl groups is 1. The third kappa shape index (κ3) is 1.58. The van der Waals surface area contributed by atoms with Crippen molar-refractivity contribution in [2.24, 2.45) is 0 Å². The van der Waals surface area contributed by atoms with E-state index in [4.69, 9.17) is 10.8 Å². The molecule has 0 aliphatic carbocycles. The van der Waals surface area contributed by atoms with Crippen LogP contribution in [0.1, 0.15) is 10.6 Å². The van der Waals surface area contributed by atoms with Gasteiger partial charge >= 0.3 is 0 Å². The number of hydrogen-bond acceptors (Lipinski definition) is 4. The predicted octanol–water partition coefficient (Wildman–Crippen LogP) is 1.04. The minimum absolute atomic E-state index is 0.0392. The molecule has 0 spiro atoms. The van der Waals surface area contributed by atoms with Crippen LogP contribution in [-0.2, 0) is 0 Å². The van der Waals surface area contributed by atoms with E-state index in [0.29, 0.717) is 10.7 Å². The average Bonchev–Trinajstić information content (AvgIpc) is 2.28. The summed E-state index contributed by atoms with van der Waals surface area (Å²) in [6, 6.07) is 0. The first-order chi connectivity index (χ1) is 5.15. The Morgan fingerprint density at radius 3 is 2.82 bits per heavy atom. The molecule has 60 valence electrons. The van der Waals surface area contributed by atoms with Crippen molar-refractivity contribution in [3.63, 3.8) is 0 Å². The molecule has 3 nitrogen and oxygen atoms in total. The van der Waals surface area contributed by atoms with Crippen LogP contribution in [0, 0.1) is 6.92 Å². The highest BCUT2D eigenvalue weighted by Gasteiger charge is 2.06. The first-order valence-corrected chi connectivity index (χ1v) is 3.98. The fourth-order valence-electron chi connectivity index (χ4n) is 0.817. The molecule has 4 heteroatoms. The highest BCUT2D eigenvalue weighted by Crippen LogP contribution is 2.25. The molecule has 0 bridgehead atoms. The molecular formula is C7H10N2OS. The van der Waals surface area contributed by atoms with Crippen LogP contribution in [0.2, 0.25) is 0 Å². The molecule has 0 fully saturated rings.